The highest BCUT2D eigenvalue weighted by atomic mass is 35.5. The Hall–Kier alpha value is -1.61. The van der Waals surface area contributed by atoms with E-state index in [1.807, 2.05) is 9.80 Å². The summed E-state index contributed by atoms with van der Waals surface area (Å²) >= 11 is 0. The van der Waals surface area contributed by atoms with Gasteiger partial charge >= 0.3 is 6.18 Å². The second-order valence-electron chi connectivity index (χ2n) is 7.84. The largest absolute Gasteiger partial charge is 0.435 e. The number of rotatable bonds is 3. The van der Waals surface area contributed by atoms with Gasteiger partial charge in [0.2, 0.25) is 5.91 Å². The molecule has 2 aliphatic heterocycles. The molecule has 2 aliphatic rings. The summed E-state index contributed by atoms with van der Waals surface area (Å²) in [6, 6.07) is 2.80. The van der Waals surface area contributed by atoms with Gasteiger partial charge in [0, 0.05) is 51.2 Å². The fourth-order valence-corrected chi connectivity index (χ4v) is 3.93. The van der Waals surface area contributed by atoms with Gasteiger partial charge in [0.15, 0.2) is 11.5 Å². The van der Waals surface area contributed by atoms with Crippen molar-refractivity contribution in [3.8, 4) is 0 Å². The summed E-state index contributed by atoms with van der Waals surface area (Å²) in [6.07, 6.45) is -2.12. The van der Waals surface area contributed by atoms with E-state index >= 15 is 0 Å². The summed E-state index contributed by atoms with van der Waals surface area (Å²) in [5.41, 5.74) is -0.988. The lowest BCUT2D eigenvalue weighted by molar-refractivity contribution is -0.141. The highest BCUT2D eigenvalue weighted by Crippen LogP contribution is 2.29. The molecule has 0 bridgehead atoms. The molecule has 1 aromatic heterocycles. The van der Waals surface area contributed by atoms with Gasteiger partial charge in [0.25, 0.3) is 0 Å². The molecule has 1 amide bonds. The molecule has 0 saturated carbocycles. The molecular formula is C19H29ClF3N5O. The van der Waals surface area contributed by atoms with Crippen molar-refractivity contribution in [2.45, 2.75) is 45.3 Å². The standard InChI is InChI=1S/C19H28F3N5O.ClH/c1-14(2)25-8-3-9-27(13-12-25)18(28)15-6-10-26(11-7-15)17-5-4-16(23-24-17)19(20,21)22;/h4-5,14-15H,3,6-13H2,1-2H3;1H. The number of alkyl halides is 3. The Morgan fingerprint density at radius 1 is 1.03 bits per heavy atom. The first-order valence-corrected chi connectivity index (χ1v) is 9.94. The van der Waals surface area contributed by atoms with E-state index in [9.17, 15) is 18.0 Å². The van der Waals surface area contributed by atoms with Crippen LogP contribution >= 0.6 is 12.4 Å². The molecule has 3 heterocycles. The van der Waals surface area contributed by atoms with E-state index in [0.29, 0.717) is 37.8 Å². The normalized spacial score (nSPS) is 19.8. The number of anilines is 1. The Kier molecular flexibility index (Phi) is 8.10. The molecule has 29 heavy (non-hydrogen) atoms. The van der Waals surface area contributed by atoms with Gasteiger partial charge in [-0.25, -0.2) is 0 Å². The van der Waals surface area contributed by atoms with Crippen molar-refractivity contribution in [1.29, 1.82) is 0 Å². The molecule has 6 nitrogen and oxygen atoms in total. The Labute approximate surface area is 175 Å². The van der Waals surface area contributed by atoms with Crippen molar-refractivity contribution < 1.29 is 18.0 Å². The van der Waals surface area contributed by atoms with E-state index in [0.717, 1.165) is 38.7 Å². The molecule has 0 aromatic carbocycles. The third-order valence-corrected chi connectivity index (χ3v) is 5.68. The molecular weight excluding hydrogens is 407 g/mol. The number of amides is 1. The topological polar surface area (TPSA) is 52.6 Å². The minimum atomic E-state index is -4.48. The van der Waals surface area contributed by atoms with Gasteiger partial charge < -0.3 is 9.80 Å². The average molecular weight is 436 g/mol. The second-order valence-corrected chi connectivity index (χ2v) is 7.84. The molecule has 0 radical (unpaired) electrons. The number of nitrogens with zero attached hydrogens (tertiary/aromatic N) is 5. The molecule has 2 fully saturated rings. The van der Waals surface area contributed by atoms with Crippen LogP contribution in [0, 0.1) is 5.92 Å². The predicted molar refractivity (Wildman–Crippen MR) is 107 cm³/mol. The number of aromatic nitrogens is 2. The lowest BCUT2D eigenvalue weighted by atomic mass is 9.95. The zero-order valence-electron chi connectivity index (χ0n) is 16.9. The fraction of sp³-hybridized carbons (Fsp3) is 0.737. The summed E-state index contributed by atoms with van der Waals surface area (Å²) in [7, 11) is 0. The second kappa shape index (κ2) is 9.93. The van der Waals surface area contributed by atoms with E-state index in [-0.39, 0.29) is 24.2 Å². The van der Waals surface area contributed by atoms with Crippen LogP contribution in [0.1, 0.15) is 38.8 Å². The lowest BCUT2D eigenvalue weighted by Gasteiger charge is -2.34. The Balaban J connectivity index is 0.00000300. The summed E-state index contributed by atoms with van der Waals surface area (Å²) in [6.45, 7) is 9.05. The van der Waals surface area contributed by atoms with Crippen molar-refractivity contribution in [2.75, 3.05) is 44.2 Å². The van der Waals surface area contributed by atoms with Crippen LogP contribution < -0.4 is 4.90 Å². The number of carbonyl (C=O) groups excluding carboxylic acids is 1. The van der Waals surface area contributed by atoms with Crippen LogP contribution in [0.5, 0.6) is 0 Å². The summed E-state index contributed by atoms with van der Waals surface area (Å²) < 4.78 is 37.8. The van der Waals surface area contributed by atoms with Crippen molar-refractivity contribution >= 4 is 24.1 Å². The highest BCUT2D eigenvalue weighted by Gasteiger charge is 2.34. The monoisotopic (exact) mass is 435 g/mol. The number of hydrogen-bond donors (Lipinski definition) is 0. The van der Waals surface area contributed by atoms with E-state index in [2.05, 4.69) is 28.9 Å². The van der Waals surface area contributed by atoms with Crippen LogP contribution in [0.2, 0.25) is 0 Å². The summed E-state index contributed by atoms with van der Waals surface area (Å²) in [4.78, 5) is 19.2. The van der Waals surface area contributed by atoms with E-state index in [1.165, 1.54) is 6.07 Å². The van der Waals surface area contributed by atoms with Crippen LogP contribution in [-0.4, -0.2) is 71.2 Å². The molecule has 164 valence electrons. The quantitative estimate of drug-likeness (QED) is 0.730. The summed E-state index contributed by atoms with van der Waals surface area (Å²) in [5.74, 6) is 0.620. The van der Waals surface area contributed by atoms with Gasteiger partial charge in [-0.2, -0.15) is 13.2 Å². The molecule has 10 heteroatoms. The van der Waals surface area contributed by atoms with Gasteiger partial charge in [-0.15, -0.1) is 22.6 Å². The average Bonchev–Trinajstić information content (AvgIpc) is 2.93. The SMILES string of the molecule is CC(C)N1CCCN(C(=O)C2CCN(c3ccc(C(F)(F)F)nn3)CC2)CC1.Cl. The maximum absolute atomic E-state index is 12.9. The van der Waals surface area contributed by atoms with Crippen molar-refractivity contribution in [2.24, 2.45) is 5.92 Å². The maximum atomic E-state index is 12.9. The highest BCUT2D eigenvalue weighted by molar-refractivity contribution is 5.85. The lowest BCUT2D eigenvalue weighted by Crippen LogP contribution is -2.44. The van der Waals surface area contributed by atoms with Gasteiger partial charge in [-0.05, 0) is 45.2 Å². The number of piperidine rings is 1. The zero-order chi connectivity index (χ0) is 20.3. The fourth-order valence-electron chi connectivity index (χ4n) is 3.93. The molecule has 3 rings (SSSR count). The van der Waals surface area contributed by atoms with Crippen LogP contribution in [0.15, 0.2) is 12.1 Å². The minimum absolute atomic E-state index is 0. The predicted octanol–water partition coefficient (Wildman–Crippen LogP) is 3.08. The third-order valence-electron chi connectivity index (χ3n) is 5.68. The van der Waals surface area contributed by atoms with Gasteiger partial charge in [-0.1, -0.05) is 0 Å². The first-order chi connectivity index (χ1) is 13.3. The first-order valence-electron chi connectivity index (χ1n) is 9.94. The number of halogens is 4. The van der Waals surface area contributed by atoms with Crippen molar-refractivity contribution in [3.05, 3.63) is 17.8 Å². The maximum Gasteiger partial charge on any atom is 0.435 e. The van der Waals surface area contributed by atoms with Gasteiger partial charge in [0.1, 0.15) is 0 Å². The molecule has 0 N–H and O–H groups in total. The first kappa shape index (κ1) is 23.7. The molecule has 2 saturated heterocycles. The number of hydrogen-bond acceptors (Lipinski definition) is 5. The zero-order valence-corrected chi connectivity index (χ0v) is 17.7. The Morgan fingerprint density at radius 3 is 2.28 bits per heavy atom. The molecule has 0 spiro atoms. The minimum Gasteiger partial charge on any atom is -0.355 e. The van der Waals surface area contributed by atoms with Crippen LogP contribution in [0.4, 0.5) is 19.0 Å². The van der Waals surface area contributed by atoms with Crippen LogP contribution in [0.25, 0.3) is 0 Å². The van der Waals surface area contributed by atoms with E-state index < -0.39 is 11.9 Å². The Morgan fingerprint density at radius 2 is 1.72 bits per heavy atom. The molecule has 1 aromatic rings. The molecule has 0 unspecified atom stereocenters. The molecule has 0 aliphatic carbocycles. The van der Waals surface area contributed by atoms with Crippen LogP contribution in [-0.2, 0) is 11.0 Å². The molecule has 0 atom stereocenters. The summed E-state index contributed by atoms with van der Waals surface area (Å²) in [5, 5.41) is 7.01. The van der Waals surface area contributed by atoms with Crippen molar-refractivity contribution in [3.63, 3.8) is 0 Å². The Bertz CT molecular complexity index is 663. The smallest absolute Gasteiger partial charge is 0.355 e. The van der Waals surface area contributed by atoms with E-state index in [4.69, 9.17) is 0 Å². The van der Waals surface area contributed by atoms with Crippen molar-refractivity contribution in [1.82, 2.24) is 20.0 Å². The van der Waals surface area contributed by atoms with Gasteiger partial charge in [0.05, 0.1) is 0 Å². The third kappa shape index (κ3) is 5.94. The van der Waals surface area contributed by atoms with Crippen LogP contribution in [0.3, 0.4) is 0 Å². The number of carbonyl (C=O) groups is 1. The van der Waals surface area contributed by atoms with E-state index in [1.54, 1.807) is 0 Å². The van der Waals surface area contributed by atoms with Gasteiger partial charge in [-0.3, -0.25) is 9.69 Å².